The van der Waals surface area contributed by atoms with Gasteiger partial charge in [0, 0.05) is 31.6 Å². The van der Waals surface area contributed by atoms with Gasteiger partial charge in [0.2, 0.25) is 0 Å². The molecule has 0 unspecified atom stereocenters. The molecule has 2 aromatic rings. The topological polar surface area (TPSA) is 39.9 Å². The first-order valence-corrected chi connectivity index (χ1v) is 10.3. The monoisotopic (exact) mass is 356 g/mol. The van der Waals surface area contributed by atoms with E-state index in [9.17, 15) is 5.11 Å². The maximum atomic E-state index is 9.91. The molecule has 1 aromatic heterocycles. The molecule has 3 heterocycles. The number of likely N-dealkylation sites (tertiary alicyclic amines) is 2. The largest absolute Gasteiger partial charge is 0.459 e. The average molecular weight is 357 g/mol. The molecule has 1 N–H and O–H groups in total. The Morgan fingerprint density at radius 3 is 2.46 bits per heavy atom. The Kier molecular flexibility index (Phi) is 5.63. The zero-order valence-electron chi connectivity index (χ0n) is 16.0. The normalized spacial score (nSPS) is 25.8. The molecule has 4 rings (SSSR count). The third kappa shape index (κ3) is 3.83. The van der Waals surface area contributed by atoms with Gasteiger partial charge in [-0.1, -0.05) is 31.0 Å². The summed E-state index contributed by atoms with van der Waals surface area (Å²) >= 11 is 0. The molecule has 4 nitrogen and oxygen atoms in total. The van der Waals surface area contributed by atoms with Crippen molar-refractivity contribution in [3.05, 3.63) is 35.6 Å². The molecule has 0 spiro atoms. The van der Waals surface area contributed by atoms with E-state index >= 15 is 0 Å². The van der Waals surface area contributed by atoms with Gasteiger partial charge in [0.25, 0.3) is 0 Å². The smallest absolute Gasteiger partial charge is 0.134 e. The fraction of sp³-hybridized carbons (Fsp3) is 0.636. The molecule has 2 saturated heterocycles. The fourth-order valence-corrected chi connectivity index (χ4v) is 4.81. The average Bonchev–Trinajstić information content (AvgIpc) is 3.05. The number of aliphatic hydroxyl groups is 1. The zero-order valence-corrected chi connectivity index (χ0v) is 16.0. The van der Waals surface area contributed by atoms with Crippen LogP contribution in [0, 0.1) is 18.8 Å². The number of para-hydroxylation sites is 1. The van der Waals surface area contributed by atoms with Crippen LogP contribution in [0.4, 0.5) is 0 Å². The lowest BCUT2D eigenvalue weighted by Crippen LogP contribution is -2.34. The van der Waals surface area contributed by atoms with Gasteiger partial charge in [-0.05, 0) is 56.3 Å². The number of hydrogen-bond donors (Lipinski definition) is 1. The first-order valence-electron chi connectivity index (χ1n) is 10.3. The van der Waals surface area contributed by atoms with Crippen molar-refractivity contribution in [3.8, 4) is 0 Å². The number of aliphatic hydroxyl groups excluding tert-OH is 1. The van der Waals surface area contributed by atoms with Crippen LogP contribution >= 0.6 is 0 Å². The third-order valence-electron chi connectivity index (χ3n) is 6.39. The number of furan rings is 1. The van der Waals surface area contributed by atoms with Gasteiger partial charge in [-0.2, -0.15) is 0 Å². The van der Waals surface area contributed by atoms with E-state index in [2.05, 4.69) is 34.9 Å². The van der Waals surface area contributed by atoms with E-state index in [0.717, 1.165) is 37.5 Å². The zero-order chi connectivity index (χ0) is 17.9. The molecule has 1 aromatic carbocycles. The van der Waals surface area contributed by atoms with Crippen LogP contribution in [0.1, 0.15) is 37.0 Å². The van der Waals surface area contributed by atoms with Gasteiger partial charge in [0.05, 0.1) is 6.54 Å². The summed E-state index contributed by atoms with van der Waals surface area (Å²) in [7, 11) is 0. The van der Waals surface area contributed by atoms with E-state index in [1.54, 1.807) is 0 Å². The molecule has 0 saturated carbocycles. The van der Waals surface area contributed by atoms with E-state index in [-0.39, 0.29) is 0 Å². The number of fused-ring (bicyclic) bond motifs is 1. The van der Waals surface area contributed by atoms with Crippen LogP contribution in [-0.4, -0.2) is 54.2 Å². The van der Waals surface area contributed by atoms with Crippen molar-refractivity contribution in [2.24, 2.45) is 11.8 Å². The molecule has 26 heavy (non-hydrogen) atoms. The van der Waals surface area contributed by atoms with Crippen molar-refractivity contribution >= 4 is 11.0 Å². The summed E-state index contributed by atoms with van der Waals surface area (Å²) in [5.74, 6) is 2.05. The van der Waals surface area contributed by atoms with Crippen molar-refractivity contribution in [2.75, 3.05) is 39.3 Å². The summed E-state index contributed by atoms with van der Waals surface area (Å²) in [6.45, 7) is 8.97. The molecule has 0 radical (unpaired) electrons. The van der Waals surface area contributed by atoms with Gasteiger partial charge < -0.3 is 14.4 Å². The number of rotatable bonds is 5. The standard InChI is InChI=1S/C22H32N2O2/c1-17-20-8-4-5-9-21(20)26-22(17)15-24-13-18(19(14-24)16-25)12-23-10-6-2-3-7-11-23/h4-5,8-9,18-19,25H,2-3,6-7,10-16H2,1H3/t18-,19-/m1/s1. The SMILES string of the molecule is Cc1c(CN2C[C@@H](CN3CCCCCC3)[C@@H](CO)C2)oc2ccccc12. The molecule has 4 heteroatoms. The Bertz CT molecular complexity index is 718. The van der Waals surface area contributed by atoms with Crippen LogP contribution in [0.2, 0.25) is 0 Å². The van der Waals surface area contributed by atoms with Crippen molar-refractivity contribution in [2.45, 2.75) is 39.2 Å². The molecule has 0 aliphatic carbocycles. The maximum Gasteiger partial charge on any atom is 0.134 e. The van der Waals surface area contributed by atoms with Crippen LogP contribution < -0.4 is 0 Å². The van der Waals surface area contributed by atoms with Crippen LogP contribution in [0.25, 0.3) is 11.0 Å². The lowest BCUT2D eigenvalue weighted by molar-refractivity contribution is 0.165. The van der Waals surface area contributed by atoms with Crippen molar-refractivity contribution in [1.82, 2.24) is 9.80 Å². The lowest BCUT2D eigenvalue weighted by Gasteiger charge is -2.26. The van der Waals surface area contributed by atoms with Gasteiger partial charge in [-0.25, -0.2) is 0 Å². The second kappa shape index (κ2) is 8.12. The minimum absolute atomic E-state index is 0.300. The Morgan fingerprint density at radius 2 is 1.73 bits per heavy atom. The minimum Gasteiger partial charge on any atom is -0.459 e. The summed E-state index contributed by atoms with van der Waals surface area (Å²) in [6, 6.07) is 8.29. The molecule has 2 fully saturated rings. The summed E-state index contributed by atoms with van der Waals surface area (Å²) < 4.78 is 6.12. The highest BCUT2D eigenvalue weighted by Crippen LogP contribution is 2.30. The molecule has 2 aliphatic rings. The molecular weight excluding hydrogens is 324 g/mol. The highest BCUT2D eigenvalue weighted by molar-refractivity contribution is 5.81. The Labute approximate surface area is 156 Å². The number of nitrogens with zero attached hydrogens (tertiary/aromatic N) is 2. The van der Waals surface area contributed by atoms with E-state index in [4.69, 9.17) is 4.42 Å². The summed E-state index contributed by atoms with van der Waals surface area (Å²) in [5, 5.41) is 11.1. The van der Waals surface area contributed by atoms with E-state index in [1.807, 2.05) is 6.07 Å². The highest BCUT2D eigenvalue weighted by atomic mass is 16.3. The van der Waals surface area contributed by atoms with Crippen molar-refractivity contribution in [3.63, 3.8) is 0 Å². The van der Waals surface area contributed by atoms with E-state index < -0.39 is 0 Å². The summed E-state index contributed by atoms with van der Waals surface area (Å²) in [4.78, 5) is 5.12. The summed E-state index contributed by atoms with van der Waals surface area (Å²) in [5.41, 5.74) is 2.25. The first kappa shape index (κ1) is 18.0. The second-order valence-electron chi connectivity index (χ2n) is 8.26. The van der Waals surface area contributed by atoms with E-state index in [0.29, 0.717) is 18.4 Å². The van der Waals surface area contributed by atoms with Crippen LogP contribution in [-0.2, 0) is 6.54 Å². The van der Waals surface area contributed by atoms with Crippen LogP contribution in [0.5, 0.6) is 0 Å². The van der Waals surface area contributed by atoms with Gasteiger partial charge in [0.15, 0.2) is 0 Å². The Morgan fingerprint density at radius 1 is 1.00 bits per heavy atom. The summed E-state index contributed by atoms with van der Waals surface area (Å²) in [6.07, 6.45) is 5.42. The predicted molar refractivity (Wildman–Crippen MR) is 105 cm³/mol. The highest BCUT2D eigenvalue weighted by Gasteiger charge is 2.34. The van der Waals surface area contributed by atoms with E-state index in [1.165, 1.54) is 49.7 Å². The van der Waals surface area contributed by atoms with Crippen LogP contribution in [0.15, 0.2) is 28.7 Å². The van der Waals surface area contributed by atoms with Gasteiger partial charge in [-0.15, -0.1) is 0 Å². The second-order valence-corrected chi connectivity index (χ2v) is 8.26. The minimum atomic E-state index is 0.300. The van der Waals surface area contributed by atoms with Crippen molar-refractivity contribution in [1.29, 1.82) is 0 Å². The molecule has 142 valence electrons. The number of hydrogen-bond acceptors (Lipinski definition) is 4. The lowest BCUT2D eigenvalue weighted by atomic mass is 9.96. The van der Waals surface area contributed by atoms with Gasteiger partial charge >= 0.3 is 0 Å². The number of aryl methyl sites for hydroxylation is 1. The van der Waals surface area contributed by atoms with Crippen molar-refractivity contribution < 1.29 is 9.52 Å². The molecule has 2 aliphatic heterocycles. The molecule has 0 bridgehead atoms. The molecular formula is C22H32N2O2. The molecule has 2 atom stereocenters. The van der Waals surface area contributed by atoms with Gasteiger partial charge in [0.1, 0.15) is 11.3 Å². The number of benzene rings is 1. The first-order chi connectivity index (χ1) is 12.7. The fourth-order valence-electron chi connectivity index (χ4n) is 4.81. The quantitative estimate of drug-likeness (QED) is 0.888. The third-order valence-corrected chi connectivity index (χ3v) is 6.39. The van der Waals surface area contributed by atoms with Gasteiger partial charge in [-0.3, -0.25) is 4.90 Å². The Hall–Kier alpha value is -1.36. The Balaban J connectivity index is 1.42. The maximum absolute atomic E-state index is 9.91. The molecule has 0 amide bonds. The predicted octanol–water partition coefficient (Wildman–Crippen LogP) is 3.66. The van der Waals surface area contributed by atoms with Crippen LogP contribution in [0.3, 0.4) is 0 Å².